The number of tetrazole rings is 1. The lowest BCUT2D eigenvalue weighted by atomic mass is 10.3. The first-order valence-electron chi connectivity index (χ1n) is 4.51. The second kappa shape index (κ2) is 4.31. The molecule has 0 saturated carbocycles. The van der Waals surface area contributed by atoms with Crippen LogP contribution in [0.3, 0.4) is 0 Å². The van der Waals surface area contributed by atoms with Gasteiger partial charge >= 0.3 is 0 Å². The molecule has 2 N–H and O–H groups in total. The summed E-state index contributed by atoms with van der Waals surface area (Å²) in [6, 6.07) is 1.76. The van der Waals surface area contributed by atoms with Crippen molar-refractivity contribution in [1.29, 1.82) is 5.26 Å². The van der Waals surface area contributed by atoms with E-state index in [0.717, 1.165) is 0 Å². The van der Waals surface area contributed by atoms with Gasteiger partial charge in [0.05, 0.1) is 18.4 Å². The van der Waals surface area contributed by atoms with E-state index in [-0.39, 0.29) is 11.7 Å². The van der Waals surface area contributed by atoms with E-state index in [1.807, 2.05) is 13.0 Å². The highest BCUT2D eigenvalue weighted by molar-refractivity contribution is 5.34. The molecule has 16 heavy (non-hydrogen) atoms. The quantitative estimate of drug-likeness (QED) is 0.743. The van der Waals surface area contributed by atoms with Gasteiger partial charge in [-0.1, -0.05) is 5.21 Å². The average Bonchev–Trinajstić information content (AvgIpc) is 2.83. The van der Waals surface area contributed by atoms with Gasteiger partial charge in [0.25, 0.3) is 0 Å². The largest absolute Gasteiger partial charge is 0.359 e. The van der Waals surface area contributed by atoms with Gasteiger partial charge < -0.3 is 5.32 Å². The molecular weight excluding hydrogens is 208 g/mol. The number of nitrogens with one attached hydrogen (secondary N) is 2. The fraction of sp³-hybridized carbons (Fsp3) is 0.250. The standard InChI is InChI=1S/C8H8N8/c1-5(8-13-15-16-14-8)12-7-4-10-6(2-9)3-11-7/h3-5H,1H3,(H,11,12)(H,13,14,15,16). The zero-order chi connectivity index (χ0) is 11.4. The summed E-state index contributed by atoms with van der Waals surface area (Å²) in [6.45, 7) is 1.87. The number of nitriles is 1. The normalized spacial score (nSPS) is 11.8. The minimum absolute atomic E-state index is 0.138. The molecule has 2 heterocycles. The number of nitrogens with zero attached hydrogens (tertiary/aromatic N) is 6. The number of aromatic amines is 1. The molecule has 0 bridgehead atoms. The molecular formula is C8H8N8. The first-order valence-corrected chi connectivity index (χ1v) is 4.51. The lowest BCUT2D eigenvalue weighted by molar-refractivity contribution is 0.786. The van der Waals surface area contributed by atoms with Crippen molar-refractivity contribution in [2.45, 2.75) is 13.0 Å². The molecule has 2 aromatic heterocycles. The van der Waals surface area contributed by atoms with Crippen LogP contribution in [0.2, 0.25) is 0 Å². The molecule has 80 valence electrons. The average molecular weight is 216 g/mol. The Kier molecular flexibility index (Phi) is 2.69. The Morgan fingerprint density at radius 2 is 2.31 bits per heavy atom. The topological polar surface area (TPSA) is 116 Å². The number of rotatable bonds is 3. The number of anilines is 1. The number of H-pyrrole nitrogens is 1. The van der Waals surface area contributed by atoms with Gasteiger partial charge in [-0.25, -0.2) is 9.97 Å². The van der Waals surface area contributed by atoms with Crippen molar-refractivity contribution in [3.8, 4) is 6.07 Å². The molecule has 0 spiro atoms. The van der Waals surface area contributed by atoms with Crippen LogP contribution in [0.5, 0.6) is 0 Å². The van der Waals surface area contributed by atoms with Crippen molar-refractivity contribution in [3.05, 3.63) is 23.9 Å². The van der Waals surface area contributed by atoms with Crippen LogP contribution < -0.4 is 5.32 Å². The van der Waals surface area contributed by atoms with Crippen LogP contribution >= 0.6 is 0 Å². The monoisotopic (exact) mass is 216 g/mol. The van der Waals surface area contributed by atoms with Crippen LogP contribution in [-0.2, 0) is 0 Å². The lowest BCUT2D eigenvalue weighted by Crippen LogP contribution is -2.10. The van der Waals surface area contributed by atoms with Crippen LogP contribution in [0.1, 0.15) is 24.5 Å². The summed E-state index contributed by atoms with van der Waals surface area (Å²) in [7, 11) is 0. The molecule has 2 aromatic rings. The third kappa shape index (κ3) is 2.09. The van der Waals surface area contributed by atoms with Crippen molar-refractivity contribution in [1.82, 2.24) is 30.6 Å². The molecule has 0 aromatic carbocycles. The molecule has 1 atom stereocenters. The van der Waals surface area contributed by atoms with E-state index in [9.17, 15) is 0 Å². The summed E-state index contributed by atoms with van der Waals surface area (Å²) in [5.41, 5.74) is 0.276. The highest BCUT2D eigenvalue weighted by atomic mass is 15.5. The zero-order valence-corrected chi connectivity index (χ0v) is 8.42. The fourth-order valence-corrected chi connectivity index (χ4v) is 1.10. The van der Waals surface area contributed by atoms with E-state index in [4.69, 9.17) is 5.26 Å². The summed E-state index contributed by atoms with van der Waals surface area (Å²) in [4.78, 5) is 7.90. The minimum atomic E-state index is -0.138. The van der Waals surface area contributed by atoms with Gasteiger partial charge in [-0.3, -0.25) is 0 Å². The molecule has 8 nitrogen and oxygen atoms in total. The van der Waals surface area contributed by atoms with Gasteiger partial charge in [0, 0.05) is 0 Å². The molecule has 1 unspecified atom stereocenters. The van der Waals surface area contributed by atoms with Gasteiger partial charge in [-0.05, 0) is 6.92 Å². The van der Waals surface area contributed by atoms with Gasteiger partial charge in [0.2, 0.25) is 0 Å². The molecule has 0 radical (unpaired) electrons. The van der Waals surface area contributed by atoms with Crippen LogP contribution in [0, 0.1) is 11.3 Å². The molecule has 0 fully saturated rings. The predicted octanol–water partition coefficient (Wildman–Crippen LogP) is 0.0345. The number of hydrogen-bond donors (Lipinski definition) is 2. The van der Waals surface area contributed by atoms with Crippen LogP contribution in [0.15, 0.2) is 12.4 Å². The second-order valence-corrected chi connectivity index (χ2v) is 3.03. The Morgan fingerprint density at radius 3 is 2.88 bits per heavy atom. The number of aromatic nitrogens is 6. The summed E-state index contributed by atoms with van der Waals surface area (Å²) in [5, 5.41) is 25.1. The van der Waals surface area contributed by atoms with Crippen molar-refractivity contribution < 1.29 is 0 Å². The Morgan fingerprint density at radius 1 is 1.44 bits per heavy atom. The molecule has 0 aliphatic heterocycles. The first kappa shape index (κ1) is 9.97. The Bertz CT molecular complexity index is 482. The first-order chi connectivity index (χ1) is 7.79. The maximum Gasteiger partial charge on any atom is 0.196 e. The molecule has 2 rings (SSSR count). The maximum atomic E-state index is 8.56. The summed E-state index contributed by atoms with van der Waals surface area (Å²) >= 11 is 0. The van der Waals surface area contributed by atoms with Gasteiger partial charge in [0.1, 0.15) is 11.9 Å². The highest BCUT2D eigenvalue weighted by Crippen LogP contribution is 2.11. The zero-order valence-electron chi connectivity index (χ0n) is 8.42. The maximum absolute atomic E-state index is 8.56. The van der Waals surface area contributed by atoms with Crippen LogP contribution in [0.4, 0.5) is 5.82 Å². The minimum Gasteiger partial charge on any atom is -0.359 e. The molecule has 0 saturated heterocycles. The van der Waals surface area contributed by atoms with E-state index in [1.54, 1.807) is 0 Å². The van der Waals surface area contributed by atoms with Crippen LogP contribution in [-0.4, -0.2) is 30.6 Å². The van der Waals surface area contributed by atoms with Crippen molar-refractivity contribution >= 4 is 5.82 Å². The van der Waals surface area contributed by atoms with Gasteiger partial charge in [-0.2, -0.15) is 10.5 Å². The van der Waals surface area contributed by atoms with E-state index < -0.39 is 0 Å². The Labute approximate surface area is 90.7 Å². The van der Waals surface area contributed by atoms with Gasteiger partial charge in [-0.15, -0.1) is 10.2 Å². The molecule has 0 aliphatic rings. The summed E-state index contributed by atoms with van der Waals surface area (Å²) in [5.74, 6) is 1.09. The van der Waals surface area contributed by atoms with Crippen LogP contribution in [0.25, 0.3) is 0 Å². The van der Waals surface area contributed by atoms with Crippen molar-refractivity contribution in [3.63, 3.8) is 0 Å². The second-order valence-electron chi connectivity index (χ2n) is 3.03. The number of hydrogen-bond acceptors (Lipinski definition) is 7. The molecule has 8 heteroatoms. The lowest BCUT2D eigenvalue weighted by Gasteiger charge is -2.09. The summed E-state index contributed by atoms with van der Waals surface area (Å²) < 4.78 is 0. The van der Waals surface area contributed by atoms with Gasteiger partial charge in [0.15, 0.2) is 11.5 Å². The summed E-state index contributed by atoms with van der Waals surface area (Å²) in [6.07, 6.45) is 2.88. The Hall–Kier alpha value is -2.56. The third-order valence-corrected chi connectivity index (χ3v) is 1.88. The van der Waals surface area contributed by atoms with Crippen molar-refractivity contribution in [2.24, 2.45) is 0 Å². The van der Waals surface area contributed by atoms with E-state index >= 15 is 0 Å². The van der Waals surface area contributed by atoms with E-state index in [2.05, 4.69) is 35.9 Å². The molecule has 0 amide bonds. The Balaban J connectivity index is 2.07. The fourth-order valence-electron chi connectivity index (χ4n) is 1.10. The molecule has 0 aliphatic carbocycles. The van der Waals surface area contributed by atoms with E-state index in [1.165, 1.54) is 12.4 Å². The predicted molar refractivity (Wildman–Crippen MR) is 53.0 cm³/mol. The SMILES string of the molecule is CC(Nc1cnc(C#N)cn1)c1nn[nH]n1. The van der Waals surface area contributed by atoms with Crippen molar-refractivity contribution in [2.75, 3.05) is 5.32 Å². The smallest absolute Gasteiger partial charge is 0.196 e. The highest BCUT2D eigenvalue weighted by Gasteiger charge is 2.10. The third-order valence-electron chi connectivity index (χ3n) is 1.88. The van der Waals surface area contributed by atoms with E-state index in [0.29, 0.717) is 11.6 Å².